The number of aliphatic hydroxyl groups excluding tert-OH is 1. The molecule has 0 fully saturated rings. The lowest BCUT2D eigenvalue weighted by atomic mass is 10.0. The maximum atomic E-state index is 10.5. The van der Waals surface area contributed by atoms with Crippen LogP contribution < -0.4 is 0 Å². The van der Waals surface area contributed by atoms with Gasteiger partial charge in [-0.15, -0.1) is 0 Å². The average Bonchev–Trinajstić information content (AvgIpc) is 2.60. The van der Waals surface area contributed by atoms with E-state index in [4.69, 9.17) is 10.2 Å². The summed E-state index contributed by atoms with van der Waals surface area (Å²) in [6, 6.07) is 0. The molecule has 0 aliphatic heterocycles. The number of aliphatic hydroxyl groups is 1. The number of carbonyl (C=O) groups is 1. The molecule has 0 aromatic carbocycles. The topological polar surface area (TPSA) is 57.5 Å². The zero-order chi connectivity index (χ0) is 18.6. The number of hydrogen-bond acceptors (Lipinski definition) is 2. The van der Waals surface area contributed by atoms with Crippen LogP contribution in [-0.4, -0.2) is 22.3 Å². The predicted octanol–water partition coefficient (Wildman–Crippen LogP) is 6.86. The molecule has 0 amide bonds. The van der Waals surface area contributed by atoms with E-state index in [9.17, 15) is 4.79 Å². The molecule has 0 radical (unpaired) electrons. The number of rotatable bonds is 20. The Hall–Kier alpha value is -0.570. The Bertz CT molecular complexity index is 278. The highest BCUT2D eigenvalue weighted by molar-refractivity contribution is 5.71. The van der Waals surface area contributed by atoms with Crippen molar-refractivity contribution < 1.29 is 15.0 Å². The minimum Gasteiger partial charge on any atom is -0.479 e. The molecule has 0 saturated carbocycles. The van der Waals surface area contributed by atoms with Gasteiger partial charge in [0, 0.05) is 0 Å². The molecule has 3 nitrogen and oxygen atoms in total. The quantitative estimate of drug-likeness (QED) is 0.234. The number of hydrogen-bond donors (Lipinski definition) is 2. The highest BCUT2D eigenvalue weighted by Gasteiger charge is 2.11. The van der Waals surface area contributed by atoms with Crippen LogP contribution in [0.4, 0.5) is 0 Å². The van der Waals surface area contributed by atoms with Gasteiger partial charge in [0.1, 0.15) is 0 Å². The first kappa shape index (κ1) is 24.4. The van der Waals surface area contributed by atoms with Gasteiger partial charge in [-0.3, -0.25) is 0 Å². The van der Waals surface area contributed by atoms with E-state index in [0.717, 1.165) is 12.8 Å². The molecule has 0 spiro atoms. The van der Waals surface area contributed by atoms with Crippen LogP contribution in [0.15, 0.2) is 0 Å². The first-order chi connectivity index (χ1) is 12.2. The molecule has 2 N–H and O–H groups in total. The third-order valence-electron chi connectivity index (χ3n) is 5.12. The van der Waals surface area contributed by atoms with Gasteiger partial charge >= 0.3 is 5.97 Å². The van der Waals surface area contributed by atoms with Crippen molar-refractivity contribution in [2.75, 3.05) is 0 Å². The third-order valence-corrected chi connectivity index (χ3v) is 5.12. The van der Waals surface area contributed by atoms with Crippen LogP contribution >= 0.6 is 0 Å². The van der Waals surface area contributed by atoms with Gasteiger partial charge in [0.2, 0.25) is 0 Å². The molecular weight excluding hydrogens is 312 g/mol. The second-order valence-electron chi connectivity index (χ2n) is 7.65. The second kappa shape index (κ2) is 19.8. The summed E-state index contributed by atoms with van der Waals surface area (Å²) in [5, 5.41) is 17.7. The lowest BCUT2D eigenvalue weighted by Gasteiger charge is -2.05. The van der Waals surface area contributed by atoms with E-state index in [2.05, 4.69) is 6.92 Å². The summed E-state index contributed by atoms with van der Waals surface area (Å²) in [6.45, 7) is 2.28. The molecule has 150 valence electrons. The van der Waals surface area contributed by atoms with Crippen molar-refractivity contribution in [2.45, 2.75) is 135 Å². The Balaban J connectivity index is 3.04. The molecule has 0 aliphatic carbocycles. The second-order valence-corrected chi connectivity index (χ2v) is 7.65. The van der Waals surface area contributed by atoms with Crippen LogP contribution in [0.25, 0.3) is 0 Å². The standard InChI is InChI=1S/C22H44O3/c1-2-3-4-5-6-7-8-9-10-11-12-13-14-15-16-17-18-19-20-21(23)22(24)25/h21,23H,2-20H2,1H3,(H,24,25). The summed E-state index contributed by atoms with van der Waals surface area (Å²) in [5.41, 5.74) is 0. The van der Waals surface area contributed by atoms with Crippen LogP contribution in [-0.2, 0) is 4.79 Å². The third kappa shape index (κ3) is 19.6. The molecule has 0 aromatic rings. The van der Waals surface area contributed by atoms with Gasteiger partial charge in [-0.25, -0.2) is 4.79 Å². The summed E-state index contributed by atoms with van der Waals surface area (Å²) in [5.74, 6) is -1.09. The van der Waals surface area contributed by atoms with Crippen LogP contribution in [0.2, 0.25) is 0 Å². The Kier molecular flexibility index (Phi) is 19.3. The maximum Gasteiger partial charge on any atom is 0.332 e. The SMILES string of the molecule is CCCCCCCCCCCCCCCCCCCCC(O)C(=O)O. The lowest BCUT2D eigenvalue weighted by Crippen LogP contribution is -2.18. The van der Waals surface area contributed by atoms with Gasteiger partial charge in [-0.2, -0.15) is 0 Å². The molecular formula is C22H44O3. The summed E-state index contributed by atoms with van der Waals surface area (Å²) < 4.78 is 0. The van der Waals surface area contributed by atoms with E-state index in [1.165, 1.54) is 103 Å². The van der Waals surface area contributed by atoms with Gasteiger partial charge in [0.15, 0.2) is 6.10 Å². The van der Waals surface area contributed by atoms with Gasteiger partial charge in [0.05, 0.1) is 0 Å². The van der Waals surface area contributed by atoms with Crippen LogP contribution in [0, 0.1) is 0 Å². The summed E-state index contributed by atoms with van der Waals surface area (Å²) >= 11 is 0. The maximum absolute atomic E-state index is 10.5. The predicted molar refractivity (Wildman–Crippen MR) is 107 cm³/mol. The molecule has 0 rings (SSSR count). The number of carboxylic acids is 1. The molecule has 25 heavy (non-hydrogen) atoms. The van der Waals surface area contributed by atoms with E-state index in [1.807, 2.05) is 0 Å². The van der Waals surface area contributed by atoms with Crippen molar-refractivity contribution in [3.05, 3.63) is 0 Å². The van der Waals surface area contributed by atoms with Crippen molar-refractivity contribution in [2.24, 2.45) is 0 Å². The van der Waals surface area contributed by atoms with E-state index in [0.29, 0.717) is 6.42 Å². The number of carboxylic acid groups (broad SMARTS) is 1. The van der Waals surface area contributed by atoms with E-state index in [1.54, 1.807) is 0 Å². The summed E-state index contributed by atoms with van der Waals surface area (Å²) in [4.78, 5) is 10.5. The van der Waals surface area contributed by atoms with Crippen molar-refractivity contribution >= 4 is 5.97 Å². The highest BCUT2D eigenvalue weighted by Crippen LogP contribution is 2.14. The molecule has 0 aliphatic rings. The summed E-state index contributed by atoms with van der Waals surface area (Å²) in [6.07, 6.45) is 23.1. The van der Waals surface area contributed by atoms with E-state index in [-0.39, 0.29) is 0 Å². The van der Waals surface area contributed by atoms with Crippen LogP contribution in [0.3, 0.4) is 0 Å². The van der Waals surface area contributed by atoms with Crippen molar-refractivity contribution in [3.63, 3.8) is 0 Å². The zero-order valence-electron chi connectivity index (χ0n) is 16.8. The van der Waals surface area contributed by atoms with Crippen molar-refractivity contribution in [3.8, 4) is 0 Å². The normalized spacial score (nSPS) is 12.4. The van der Waals surface area contributed by atoms with Crippen molar-refractivity contribution in [1.82, 2.24) is 0 Å². The van der Waals surface area contributed by atoms with Crippen LogP contribution in [0.5, 0.6) is 0 Å². The lowest BCUT2D eigenvalue weighted by molar-refractivity contribution is -0.146. The van der Waals surface area contributed by atoms with E-state index >= 15 is 0 Å². The van der Waals surface area contributed by atoms with Gasteiger partial charge in [-0.1, -0.05) is 122 Å². The Labute approximate surface area is 156 Å². The fourth-order valence-corrected chi connectivity index (χ4v) is 3.36. The Morgan fingerprint density at radius 1 is 0.600 bits per heavy atom. The molecule has 3 heteroatoms. The Morgan fingerprint density at radius 3 is 1.16 bits per heavy atom. The highest BCUT2D eigenvalue weighted by atomic mass is 16.4. The molecule has 0 saturated heterocycles. The van der Waals surface area contributed by atoms with Gasteiger partial charge < -0.3 is 10.2 Å². The van der Waals surface area contributed by atoms with Gasteiger partial charge in [-0.05, 0) is 6.42 Å². The first-order valence-corrected chi connectivity index (χ1v) is 11.1. The monoisotopic (exact) mass is 356 g/mol. The Morgan fingerprint density at radius 2 is 0.880 bits per heavy atom. The van der Waals surface area contributed by atoms with Crippen molar-refractivity contribution in [1.29, 1.82) is 0 Å². The molecule has 0 bridgehead atoms. The zero-order valence-corrected chi connectivity index (χ0v) is 16.8. The number of aliphatic carboxylic acids is 1. The first-order valence-electron chi connectivity index (χ1n) is 11.1. The van der Waals surface area contributed by atoms with Crippen LogP contribution in [0.1, 0.15) is 129 Å². The smallest absolute Gasteiger partial charge is 0.332 e. The molecule has 1 unspecified atom stereocenters. The molecule has 0 aromatic heterocycles. The molecule has 0 heterocycles. The van der Waals surface area contributed by atoms with E-state index < -0.39 is 12.1 Å². The average molecular weight is 357 g/mol. The summed E-state index contributed by atoms with van der Waals surface area (Å²) in [7, 11) is 0. The minimum atomic E-state index is -1.17. The molecule has 1 atom stereocenters. The fourth-order valence-electron chi connectivity index (χ4n) is 3.36. The van der Waals surface area contributed by atoms with Gasteiger partial charge in [0.25, 0.3) is 0 Å². The largest absolute Gasteiger partial charge is 0.479 e. The minimum absolute atomic E-state index is 0.397. The fraction of sp³-hybridized carbons (Fsp3) is 0.955. The number of unbranched alkanes of at least 4 members (excludes halogenated alkanes) is 17.